The number of aromatic hydroxyl groups is 1. The second-order valence-electron chi connectivity index (χ2n) is 6.24. The number of rotatable bonds is 4. The molecule has 2 N–H and O–H groups in total. The van der Waals surface area contributed by atoms with Crippen LogP contribution in [0.4, 0.5) is 5.69 Å². The zero-order chi connectivity index (χ0) is 20.4. The van der Waals surface area contributed by atoms with E-state index in [0.717, 1.165) is 0 Å². The molecule has 0 aliphatic rings. The van der Waals surface area contributed by atoms with Crippen molar-refractivity contribution in [1.82, 2.24) is 4.98 Å². The number of amides is 1. The summed E-state index contributed by atoms with van der Waals surface area (Å²) in [4.78, 5) is 28.4. The Hall–Kier alpha value is -3.55. The first-order valence-electron chi connectivity index (χ1n) is 8.74. The third-order valence-electron chi connectivity index (χ3n) is 4.35. The Bertz CT molecular complexity index is 1190. The number of carbonyl (C=O) groups is 2. The van der Waals surface area contributed by atoms with Crippen LogP contribution in [0.15, 0.2) is 71.1 Å². The minimum Gasteiger partial charge on any atom is -0.507 e. The number of benzene rings is 3. The maximum atomic E-state index is 12.5. The van der Waals surface area contributed by atoms with Crippen LogP contribution in [0.3, 0.4) is 0 Å². The van der Waals surface area contributed by atoms with E-state index >= 15 is 0 Å². The fourth-order valence-corrected chi connectivity index (χ4v) is 2.85. The number of fused-ring (bicyclic) bond motifs is 1. The molecule has 31 heavy (non-hydrogen) atoms. The molecule has 1 aromatic heterocycles. The lowest BCUT2D eigenvalue weighted by molar-refractivity contribution is 0.0600. The first-order valence-corrected chi connectivity index (χ1v) is 8.74. The summed E-state index contributed by atoms with van der Waals surface area (Å²) in [5.41, 5.74) is 2.81. The molecule has 9 heteroatoms. The van der Waals surface area contributed by atoms with Crippen molar-refractivity contribution < 1.29 is 23.8 Å². The van der Waals surface area contributed by atoms with Crippen molar-refractivity contribution in [2.45, 2.75) is 0 Å². The number of hydrogen-bond acceptors (Lipinski definition) is 6. The van der Waals surface area contributed by atoms with Gasteiger partial charge in [0.25, 0.3) is 5.91 Å². The molecule has 0 saturated carbocycles. The standard InChI is InChI=1S/C22H16N2O5.2ClH/c1-28-22(27)14-8-6-13(7-9-14)20(26)23-15-10-11-18(25)16(12-15)21-24-17-4-2-3-5-19(17)29-21;;/h2-12,25H,1H3,(H,23,26);2*1H. The Morgan fingerprint density at radius 2 is 1.65 bits per heavy atom. The van der Waals surface area contributed by atoms with Gasteiger partial charge in [0, 0.05) is 11.3 Å². The lowest BCUT2D eigenvalue weighted by atomic mass is 10.1. The minimum absolute atomic E-state index is 0. The SMILES string of the molecule is COC(=O)c1ccc(C(=O)Nc2ccc(O)c(-c3nc4ccccc4o3)c2)cc1.Cl.Cl. The van der Waals surface area contributed by atoms with E-state index in [1.54, 1.807) is 18.2 Å². The Morgan fingerprint density at radius 3 is 2.32 bits per heavy atom. The van der Waals surface area contributed by atoms with Gasteiger partial charge in [-0.3, -0.25) is 4.79 Å². The molecule has 0 aliphatic heterocycles. The van der Waals surface area contributed by atoms with E-state index in [2.05, 4.69) is 15.0 Å². The van der Waals surface area contributed by atoms with Gasteiger partial charge >= 0.3 is 5.97 Å². The van der Waals surface area contributed by atoms with Crippen LogP contribution >= 0.6 is 24.8 Å². The number of para-hydroxylation sites is 2. The third kappa shape index (κ3) is 4.96. The molecule has 0 spiro atoms. The van der Waals surface area contributed by atoms with E-state index in [9.17, 15) is 14.7 Å². The monoisotopic (exact) mass is 460 g/mol. The Kier molecular flexibility index (Phi) is 7.63. The summed E-state index contributed by atoms with van der Waals surface area (Å²) in [5, 5.41) is 13.0. The highest BCUT2D eigenvalue weighted by molar-refractivity contribution is 6.05. The van der Waals surface area contributed by atoms with Crippen LogP contribution in [-0.2, 0) is 4.74 Å². The molecule has 0 aliphatic carbocycles. The summed E-state index contributed by atoms with van der Waals surface area (Å²) in [6.45, 7) is 0. The van der Waals surface area contributed by atoms with Crippen molar-refractivity contribution in [2.24, 2.45) is 0 Å². The van der Waals surface area contributed by atoms with Gasteiger partial charge in [0.2, 0.25) is 5.89 Å². The molecule has 0 atom stereocenters. The van der Waals surface area contributed by atoms with Crippen LogP contribution in [0.1, 0.15) is 20.7 Å². The van der Waals surface area contributed by atoms with Gasteiger partial charge in [-0.15, -0.1) is 24.8 Å². The summed E-state index contributed by atoms with van der Waals surface area (Å²) in [6, 6.07) is 18.0. The smallest absolute Gasteiger partial charge is 0.337 e. The van der Waals surface area contributed by atoms with E-state index in [4.69, 9.17) is 4.42 Å². The topological polar surface area (TPSA) is 102 Å². The zero-order valence-corrected chi connectivity index (χ0v) is 17.8. The molecule has 3 aromatic carbocycles. The van der Waals surface area contributed by atoms with Crippen molar-refractivity contribution in [2.75, 3.05) is 12.4 Å². The molecule has 160 valence electrons. The van der Waals surface area contributed by atoms with Crippen LogP contribution in [0, 0.1) is 0 Å². The fraction of sp³-hybridized carbons (Fsp3) is 0.0455. The predicted octanol–water partition coefficient (Wildman–Crippen LogP) is 5.08. The van der Waals surface area contributed by atoms with Crippen LogP contribution in [0.5, 0.6) is 5.75 Å². The van der Waals surface area contributed by atoms with Crippen LogP contribution in [0.2, 0.25) is 0 Å². The summed E-state index contributed by atoms with van der Waals surface area (Å²) < 4.78 is 10.3. The van der Waals surface area contributed by atoms with Crippen molar-refractivity contribution in [3.8, 4) is 17.2 Å². The lowest BCUT2D eigenvalue weighted by Gasteiger charge is -2.08. The molecule has 1 heterocycles. The van der Waals surface area contributed by atoms with E-state index < -0.39 is 5.97 Å². The number of nitrogens with zero attached hydrogens (tertiary/aromatic N) is 1. The summed E-state index contributed by atoms with van der Waals surface area (Å²) in [5.74, 6) is -0.603. The van der Waals surface area contributed by atoms with Crippen molar-refractivity contribution in [1.29, 1.82) is 0 Å². The number of nitrogens with one attached hydrogen (secondary N) is 1. The van der Waals surface area contributed by atoms with Gasteiger partial charge in [-0.1, -0.05) is 12.1 Å². The maximum absolute atomic E-state index is 12.5. The maximum Gasteiger partial charge on any atom is 0.337 e. The largest absolute Gasteiger partial charge is 0.507 e. The second kappa shape index (κ2) is 9.97. The highest BCUT2D eigenvalue weighted by atomic mass is 35.5. The molecular weight excluding hydrogens is 443 g/mol. The van der Waals surface area contributed by atoms with Crippen LogP contribution < -0.4 is 5.32 Å². The number of phenols is 1. The normalized spacial score (nSPS) is 9.97. The minimum atomic E-state index is -0.474. The second-order valence-corrected chi connectivity index (χ2v) is 6.24. The number of anilines is 1. The number of ether oxygens (including phenoxy) is 1. The quantitative estimate of drug-likeness (QED) is 0.325. The number of aromatic nitrogens is 1. The molecule has 0 fully saturated rings. The molecule has 4 aromatic rings. The molecular formula is C22H18Cl2N2O5. The molecule has 0 radical (unpaired) electrons. The van der Waals surface area contributed by atoms with Gasteiger partial charge in [0.1, 0.15) is 11.3 Å². The van der Waals surface area contributed by atoms with Gasteiger partial charge < -0.3 is 19.6 Å². The number of carbonyl (C=O) groups excluding carboxylic acids is 2. The van der Waals surface area contributed by atoms with E-state index in [1.807, 2.05) is 18.2 Å². The van der Waals surface area contributed by atoms with E-state index in [0.29, 0.717) is 33.5 Å². The van der Waals surface area contributed by atoms with Gasteiger partial charge in [0.05, 0.1) is 18.2 Å². The molecule has 0 unspecified atom stereocenters. The molecule has 1 amide bonds. The first-order chi connectivity index (χ1) is 14.0. The Morgan fingerprint density at radius 1 is 0.968 bits per heavy atom. The Balaban J connectivity index is 0.00000171. The third-order valence-corrected chi connectivity index (χ3v) is 4.35. The van der Waals surface area contributed by atoms with Gasteiger partial charge in [-0.2, -0.15) is 0 Å². The average molecular weight is 461 g/mol. The van der Waals surface area contributed by atoms with Gasteiger partial charge in [-0.05, 0) is 54.6 Å². The number of phenolic OH excluding ortho intramolecular Hbond substituents is 1. The zero-order valence-electron chi connectivity index (χ0n) is 16.2. The van der Waals surface area contributed by atoms with E-state index in [-0.39, 0.29) is 42.4 Å². The first kappa shape index (κ1) is 23.7. The Labute approximate surface area is 189 Å². The summed E-state index contributed by atoms with van der Waals surface area (Å²) in [6.07, 6.45) is 0. The van der Waals surface area contributed by atoms with Crippen molar-refractivity contribution in [3.05, 3.63) is 77.9 Å². The highest BCUT2D eigenvalue weighted by Gasteiger charge is 2.15. The van der Waals surface area contributed by atoms with Crippen LogP contribution in [-0.4, -0.2) is 29.1 Å². The summed E-state index contributed by atoms with van der Waals surface area (Å²) in [7, 11) is 1.29. The number of methoxy groups -OCH3 is 1. The average Bonchev–Trinajstić information content (AvgIpc) is 3.18. The van der Waals surface area contributed by atoms with E-state index in [1.165, 1.54) is 37.4 Å². The number of esters is 1. The van der Waals surface area contributed by atoms with Crippen molar-refractivity contribution in [3.63, 3.8) is 0 Å². The van der Waals surface area contributed by atoms with Crippen LogP contribution in [0.25, 0.3) is 22.6 Å². The van der Waals surface area contributed by atoms with Crippen molar-refractivity contribution >= 4 is 53.5 Å². The lowest BCUT2D eigenvalue weighted by Crippen LogP contribution is -2.12. The van der Waals surface area contributed by atoms with Gasteiger partial charge in [0.15, 0.2) is 5.58 Å². The molecule has 0 bridgehead atoms. The number of hydrogen-bond donors (Lipinski definition) is 2. The highest BCUT2D eigenvalue weighted by Crippen LogP contribution is 2.33. The van der Waals surface area contributed by atoms with Gasteiger partial charge in [-0.25, -0.2) is 9.78 Å². The number of halogens is 2. The molecule has 4 rings (SSSR count). The fourth-order valence-electron chi connectivity index (χ4n) is 2.85. The number of oxazole rings is 1. The molecule has 0 saturated heterocycles. The molecule has 7 nitrogen and oxygen atoms in total. The summed E-state index contributed by atoms with van der Waals surface area (Å²) >= 11 is 0. The predicted molar refractivity (Wildman–Crippen MR) is 121 cm³/mol.